The molecule has 14 heavy (non-hydrogen) atoms. The van der Waals surface area contributed by atoms with Crippen molar-refractivity contribution in [1.29, 1.82) is 0 Å². The van der Waals surface area contributed by atoms with E-state index in [1.54, 1.807) is 5.48 Å². The minimum absolute atomic E-state index is 0.0942. The molecule has 6 heteroatoms. The van der Waals surface area contributed by atoms with Crippen LogP contribution < -0.4 is 10.2 Å². The van der Waals surface area contributed by atoms with E-state index in [0.717, 1.165) is 13.2 Å². The number of nitrogens with one attached hydrogen (secondary N) is 1. The SMILES string of the molecule is COc1c(F)cc(CNO)c(O)c1F. The van der Waals surface area contributed by atoms with E-state index in [0.29, 0.717) is 0 Å². The summed E-state index contributed by atoms with van der Waals surface area (Å²) >= 11 is 0. The van der Waals surface area contributed by atoms with Gasteiger partial charge in [-0.15, -0.1) is 0 Å². The van der Waals surface area contributed by atoms with Crippen molar-refractivity contribution in [2.45, 2.75) is 6.54 Å². The van der Waals surface area contributed by atoms with E-state index >= 15 is 0 Å². The van der Waals surface area contributed by atoms with E-state index in [1.807, 2.05) is 0 Å². The third-order valence-electron chi connectivity index (χ3n) is 1.70. The molecule has 0 aliphatic rings. The number of rotatable bonds is 3. The molecule has 0 aliphatic carbocycles. The second kappa shape index (κ2) is 4.21. The van der Waals surface area contributed by atoms with Crippen molar-refractivity contribution >= 4 is 0 Å². The number of aromatic hydroxyl groups is 1. The maximum absolute atomic E-state index is 13.1. The first-order valence-corrected chi connectivity index (χ1v) is 3.72. The van der Waals surface area contributed by atoms with E-state index in [4.69, 9.17) is 5.21 Å². The van der Waals surface area contributed by atoms with Crippen LogP contribution in [0.3, 0.4) is 0 Å². The van der Waals surface area contributed by atoms with Crippen molar-refractivity contribution in [1.82, 2.24) is 5.48 Å². The third-order valence-corrected chi connectivity index (χ3v) is 1.70. The Hall–Kier alpha value is -1.40. The fourth-order valence-corrected chi connectivity index (χ4v) is 1.05. The summed E-state index contributed by atoms with van der Waals surface area (Å²) in [6.45, 7) is -0.260. The van der Waals surface area contributed by atoms with Crippen molar-refractivity contribution in [3.8, 4) is 11.5 Å². The molecule has 1 rings (SSSR count). The summed E-state index contributed by atoms with van der Waals surface area (Å²) in [6, 6.07) is 0.875. The Bertz CT molecular complexity index is 344. The summed E-state index contributed by atoms with van der Waals surface area (Å²) < 4.78 is 30.5. The van der Waals surface area contributed by atoms with Crippen molar-refractivity contribution in [3.63, 3.8) is 0 Å². The quantitative estimate of drug-likeness (QED) is 0.648. The van der Waals surface area contributed by atoms with E-state index in [2.05, 4.69) is 4.74 Å². The first-order valence-electron chi connectivity index (χ1n) is 3.72. The van der Waals surface area contributed by atoms with Gasteiger partial charge in [-0.3, -0.25) is 0 Å². The lowest BCUT2D eigenvalue weighted by Gasteiger charge is -2.09. The molecular formula is C8H9F2NO3. The number of halogens is 2. The normalized spacial score (nSPS) is 10.3. The lowest BCUT2D eigenvalue weighted by atomic mass is 10.1. The molecule has 0 saturated carbocycles. The minimum atomic E-state index is -1.18. The van der Waals surface area contributed by atoms with Gasteiger partial charge in [-0.2, -0.15) is 4.39 Å². The highest BCUT2D eigenvalue weighted by molar-refractivity contribution is 5.42. The van der Waals surface area contributed by atoms with Gasteiger partial charge in [-0.1, -0.05) is 0 Å². The van der Waals surface area contributed by atoms with Crippen LogP contribution in [0, 0.1) is 11.6 Å². The fraction of sp³-hybridized carbons (Fsp3) is 0.250. The predicted octanol–water partition coefficient (Wildman–Crippen LogP) is 1.16. The molecule has 0 amide bonds. The predicted molar refractivity (Wildman–Crippen MR) is 43.2 cm³/mol. The third kappa shape index (κ3) is 1.75. The average Bonchev–Trinajstić information content (AvgIpc) is 2.15. The first kappa shape index (κ1) is 10.7. The van der Waals surface area contributed by atoms with Gasteiger partial charge in [0.15, 0.2) is 17.3 Å². The van der Waals surface area contributed by atoms with Gasteiger partial charge in [0.25, 0.3) is 0 Å². The van der Waals surface area contributed by atoms with Crippen LogP contribution in [0.25, 0.3) is 0 Å². The van der Waals surface area contributed by atoms with Crippen molar-refractivity contribution in [3.05, 3.63) is 23.3 Å². The molecule has 3 N–H and O–H groups in total. The molecule has 0 radical (unpaired) electrons. The largest absolute Gasteiger partial charge is 0.504 e. The second-order valence-electron chi connectivity index (χ2n) is 2.55. The Morgan fingerprint density at radius 2 is 2.14 bits per heavy atom. The van der Waals surface area contributed by atoms with Crippen molar-refractivity contribution in [2.24, 2.45) is 0 Å². The van der Waals surface area contributed by atoms with Crippen LogP contribution in [0.2, 0.25) is 0 Å². The first-order chi connectivity index (χ1) is 6.61. The Kier molecular flexibility index (Phi) is 3.21. The van der Waals surface area contributed by atoms with Gasteiger partial charge in [0.2, 0.25) is 5.82 Å². The Morgan fingerprint density at radius 1 is 1.50 bits per heavy atom. The highest BCUT2D eigenvalue weighted by Crippen LogP contribution is 2.31. The second-order valence-corrected chi connectivity index (χ2v) is 2.55. The van der Waals surface area contributed by atoms with Gasteiger partial charge < -0.3 is 15.1 Å². The number of hydroxylamine groups is 1. The molecular weight excluding hydrogens is 196 g/mol. The van der Waals surface area contributed by atoms with Crippen LogP contribution in [-0.4, -0.2) is 17.4 Å². The maximum atomic E-state index is 13.1. The zero-order valence-corrected chi connectivity index (χ0v) is 7.34. The molecule has 0 bridgehead atoms. The summed E-state index contributed by atoms with van der Waals surface area (Å²) in [4.78, 5) is 0. The lowest BCUT2D eigenvalue weighted by molar-refractivity contribution is 0.159. The fourth-order valence-electron chi connectivity index (χ4n) is 1.05. The summed E-state index contributed by atoms with van der Waals surface area (Å²) in [5.74, 6) is -3.51. The van der Waals surface area contributed by atoms with E-state index < -0.39 is 23.1 Å². The van der Waals surface area contributed by atoms with Gasteiger partial charge in [0, 0.05) is 12.1 Å². The number of hydrogen-bond acceptors (Lipinski definition) is 4. The molecule has 0 heterocycles. The van der Waals surface area contributed by atoms with Gasteiger partial charge in [0.05, 0.1) is 7.11 Å². The van der Waals surface area contributed by atoms with Crippen LogP contribution >= 0.6 is 0 Å². The summed E-state index contributed by atoms with van der Waals surface area (Å²) in [5, 5.41) is 17.5. The molecule has 1 aromatic carbocycles. The Labute approximate surface area is 78.7 Å². The Balaban J connectivity index is 3.25. The average molecular weight is 205 g/mol. The number of phenolic OH excluding ortho intramolecular Hbond substituents is 1. The number of methoxy groups -OCH3 is 1. The van der Waals surface area contributed by atoms with Crippen LogP contribution in [0.1, 0.15) is 5.56 Å². The van der Waals surface area contributed by atoms with Gasteiger partial charge in [-0.05, 0) is 6.07 Å². The van der Waals surface area contributed by atoms with Crippen molar-refractivity contribution < 1.29 is 23.8 Å². The summed E-state index contributed by atoms with van der Waals surface area (Å²) in [7, 11) is 1.09. The number of benzene rings is 1. The zero-order valence-electron chi connectivity index (χ0n) is 7.34. The van der Waals surface area contributed by atoms with Crippen LogP contribution in [0.15, 0.2) is 6.07 Å². The maximum Gasteiger partial charge on any atom is 0.209 e. The van der Waals surface area contributed by atoms with Gasteiger partial charge in [0.1, 0.15) is 0 Å². The number of hydrogen-bond donors (Lipinski definition) is 3. The van der Waals surface area contributed by atoms with Gasteiger partial charge >= 0.3 is 0 Å². The standard InChI is InChI=1S/C8H9F2NO3/c1-14-8-5(9)2-4(3-11-13)7(12)6(8)10/h2,11-13H,3H2,1H3. The zero-order chi connectivity index (χ0) is 10.7. The summed E-state index contributed by atoms with van der Waals surface area (Å²) in [6.07, 6.45) is 0. The molecule has 1 aromatic rings. The summed E-state index contributed by atoms with van der Waals surface area (Å²) in [5.41, 5.74) is 1.59. The highest BCUT2D eigenvalue weighted by atomic mass is 19.1. The smallest absolute Gasteiger partial charge is 0.209 e. The Morgan fingerprint density at radius 3 is 2.64 bits per heavy atom. The van der Waals surface area contributed by atoms with E-state index in [1.165, 1.54) is 0 Å². The molecule has 0 spiro atoms. The molecule has 0 fully saturated rings. The topological polar surface area (TPSA) is 61.7 Å². The molecule has 4 nitrogen and oxygen atoms in total. The number of ether oxygens (including phenoxy) is 1. The molecule has 0 saturated heterocycles. The monoisotopic (exact) mass is 205 g/mol. The molecule has 78 valence electrons. The number of phenols is 1. The molecule has 0 atom stereocenters. The lowest BCUT2D eigenvalue weighted by Crippen LogP contribution is -2.08. The van der Waals surface area contributed by atoms with Crippen molar-refractivity contribution in [2.75, 3.05) is 7.11 Å². The minimum Gasteiger partial charge on any atom is -0.504 e. The van der Waals surface area contributed by atoms with Crippen LogP contribution in [0.4, 0.5) is 8.78 Å². The van der Waals surface area contributed by atoms with Crippen LogP contribution in [0.5, 0.6) is 11.5 Å². The molecule has 0 unspecified atom stereocenters. The van der Waals surface area contributed by atoms with Gasteiger partial charge in [-0.25, -0.2) is 9.87 Å². The van der Waals surface area contributed by atoms with E-state index in [9.17, 15) is 13.9 Å². The van der Waals surface area contributed by atoms with Crippen LogP contribution in [-0.2, 0) is 6.54 Å². The van der Waals surface area contributed by atoms with E-state index in [-0.39, 0.29) is 12.1 Å². The molecule has 0 aliphatic heterocycles. The highest BCUT2D eigenvalue weighted by Gasteiger charge is 2.18. The molecule has 0 aromatic heterocycles.